The predicted octanol–water partition coefficient (Wildman–Crippen LogP) is 2.12. The van der Waals surface area contributed by atoms with Gasteiger partial charge in [0.15, 0.2) is 5.82 Å². The predicted molar refractivity (Wildman–Crippen MR) is 62.9 cm³/mol. The first kappa shape index (κ1) is 9.39. The molecule has 16 heavy (non-hydrogen) atoms. The first-order valence-electron chi connectivity index (χ1n) is 5.44. The fourth-order valence-electron chi connectivity index (χ4n) is 2.21. The van der Waals surface area contributed by atoms with Crippen molar-refractivity contribution < 1.29 is 0 Å². The van der Waals surface area contributed by atoms with Crippen molar-refractivity contribution in [2.45, 2.75) is 27.3 Å². The molecule has 1 aromatic heterocycles. The number of fused-ring (bicyclic) bond motifs is 3. The van der Waals surface area contributed by atoms with Gasteiger partial charge in [-0.3, -0.25) is 4.57 Å². The van der Waals surface area contributed by atoms with E-state index in [1.807, 2.05) is 6.92 Å². The van der Waals surface area contributed by atoms with Crippen molar-refractivity contribution in [2.75, 3.05) is 5.32 Å². The van der Waals surface area contributed by atoms with Gasteiger partial charge >= 0.3 is 0 Å². The number of rotatable bonds is 0. The Morgan fingerprint density at radius 3 is 2.81 bits per heavy atom. The number of aryl methyl sites for hydroxylation is 2. The van der Waals surface area contributed by atoms with Crippen LogP contribution in [0.25, 0.3) is 5.69 Å². The maximum absolute atomic E-state index is 4.16. The van der Waals surface area contributed by atoms with E-state index in [0.29, 0.717) is 0 Å². The SMILES string of the molecule is Cc1ccc2c(c1C)NCc1nnc(C)n1-2. The van der Waals surface area contributed by atoms with Gasteiger partial charge < -0.3 is 5.32 Å². The normalized spacial score (nSPS) is 12.9. The van der Waals surface area contributed by atoms with Gasteiger partial charge in [-0.15, -0.1) is 10.2 Å². The van der Waals surface area contributed by atoms with Crippen molar-refractivity contribution in [3.63, 3.8) is 0 Å². The summed E-state index contributed by atoms with van der Waals surface area (Å²) in [7, 11) is 0. The Morgan fingerprint density at radius 1 is 1.19 bits per heavy atom. The monoisotopic (exact) mass is 214 g/mol. The van der Waals surface area contributed by atoms with Crippen molar-refractivity contribution in [3.05, 3.63) is 34.9 Å². The zero-order valence-electron chi connectivity index (χ0n) is 9.70. The summed E-state index contributed by atoms with van der Waals surface area (Å²) in [6.07, 6.45) is 0. The van der Waals surface area contributed by atoms with Crippen LogP contribution in [0.2, 0.25) is 0 Å². The highest BCUT2D eigenvalue weighted by Gasteiger charge is 2.20. The quantitative estimate of drug-likeness (QED) is 0.730. The third kappa shape index (κ3) is 1.10. The van der Waals surface area contributed by atoms with Gasteiger partial charge in [0.25, 0.3) is 0 Å². The number of hydrogen-bond donors (Lipinski definition) is 1. The Balaban J connectivity index is 2.33. The van der Waals surface area contributed by atoms with Gasteiger partial charge in [-0.1, -0.05) is 6.07 Å². The summed E-state index contributed by atoms with van der Waals surface area (Å²) >= 11 is 0. The lowest BCUT2D eigenvalue weighted by molar-refractivity contribution is 0.846. The molecule has 0 spiro atoms. The number of benzene rings is 1. The molecule has 0 bridgehead atoms. The minimum atomic E-state index is 0.748. The van der Waals surface area contributed by atoms with Gasteiger partial charge in [-0.25, -0.2) is 0 Å². The molecule has 4 nitrogen and oxygen atoms in total. The van der Waals surface area contributed by atoms with Crippen LogP contribution < -0.4 is 5.32 Å². The Kier molecular flexibility index (Phi) is 1.80. The van der Waals surface area contributed by atoms with E-state index < -0.39 is 0 Å². The van der Waals surface area contributed by atoms with Crippen LogP contribution in [0.5, 0.6) is 0 Å². The number of nitrogens with zero attached hydrogens (tertiary/aromatic N) is 3. The van der Waals surface area contributed by atoms with E-state index in [2.05, 4.69) is 46.1 Å². The van der Waals surface area contributed by atoms with Crippen LogP contribution in [-0.4, -0.2) is 14.8 Å². The molecule has 1 N–H and O–H groups in total. The maximum atomic E-state index is 4.16. The molecule has 0 unspecified atom stereocenters. The van der Waals surface area contributed by atoms with Crippen LogP contribution in [-0.2, 0) is 6.54 Å². The van der Waals surface area contributed by atoms with Crippen LogP contribution in [0.3, 0.4) is 0 Å². The highest BCUT2D eigenvalue weighted by atomic mass is 15.3. The molecule has 2 aromatic rings. The summed E-state index contributed by atoms with van der Waals surface area (Å²) in [6.45, 7) is 7.01. The van der Waals surface area contributed by atoms with E-state index >= 15 is 0 Å². The molecule has 2 heterocycles. The van der Waals surface area contributed by atoms with Crippen molar-refractivity contribution in [2.24, 2.45) is 0 Å². The second kappa shape index (κ2) is 3.07. The van der Waals surface area contributed by atoms with Gasteiger partial charge in [0.05, 0.1) is 17.9 Å². The second-order valence-corrected chi connectivity index (χ2v) is 4.25. The first-order valence-corrected chi connectivity index (χ1v) is 5.44. The van der Waals surface area contributed by atoms with Gasteiger partial charge in [0.1, 0.15) is 5.82 Å². The Bertz CT molecular complexity index is 569. The third-order valence-electron chi connectivity index (χ3n) is 3.27. The zero-order valence-corrected chi connectivity index (χ0v) is 9.70. The van der Waals surface area contributed by atoms with Crippen LogP contribution in [0.4, 0.5) is 5.69 Å². The maximum Gasteiger partial charge on any atom is 0.157 e. The van der Waals surface area contributed by atoms with Crippen molar-refractivity contribution in [3.8, 4) is 5.69 Å². The molecule has 4 heteroatoms. The molecule has 3 rings (SSSR count). The van der Waals surface area contributed by atoms with E-state index in [9.17, 15) is 0 Å². The van der Waals surface area contributed by atoms with Crippen LogP contribution >= 0.6 is 0 Å². The smallest absolute Gasteiger partial charge is 0.157 e. The fourth-order valence-corrected chi connectivity index (χ4v) is 2.21. The second-order valence-electron chi connectivity index (χ2n) is 4.25. The van der Waals surface area contributed by atoms with Gasteiger partial charge in [0, 0.05) is 0 Å². The average molecular weight is 214 g/mol. The van der Waals surface area contributed by atoms with Gasteiger partial charge in [-0.2, -0.15) is 0 Å². The summed E-state index contributed by atoms with van der Waals surface area (Å²) < 4.78 is 2.12. The minimum absolute atomic E-state index is 0.748. The van der Waals surface area contributed by atoms with E-state index in [0.717, 1.165) is 23.9 Å². The Morgan fingerprint density at radius 2 is 2.00 bits per heavy atom. The molecule has 82 valence electrons. The number of aromatic nitrogens is 3. The Labute approximate surface area is 94.3 Å². The summed E-state index contributed by atoms with van der Waals surface area (Å²) in [5, 5.41) is 11.7. The van der Waals surface area contributed by atoms with E-state index in [1.165, 1.54) is 16.8 Å². The molecule has 0 saturated heterocycles. The minimum Gasteiger partial charge on any atom is -0.376 e. The molecule has 1 aromatic carbocycles. The number of hydrogen-bond acceptors (Lipinski definition) is 3. The summed E-state index contributed by atoms with van der Waals surface area (Å²) in [4.78, 5) is 0. The van der Waals surface area contributed by atoms with Crippen LogP contribution in [0.1, 0.15) is 22.8 Å². The van der Waals surface area contributed by atoms with Crippen molar-refractivity contribution in [1.82, 2.24) is 14.8 Å². The highest BCUT2D eigenvalue weighted by Crippen LogP contribution is 2.31. The largest absolute Gasteiger partial charge is 0.376 e. The molecule has 0 atom stereocenters. The van der Waals surface area contributed by atoms with Crippen molar-refractivity contribution in [1.29, 1.82) is 0 Å². The fraction of sp³-hybridized carbons (Fsp3) is 0.333. The lowest BCUT2D eigenvalue weighted by atomic mass is 10.0. The average Bonchev–Trinajstić information content (AvgIpc) is 2.66. The standard InChI is InChI=1S/C12H14N4/c1-7-4-5-10-12(8(7)2)13-6-11-15-14-9(3)16(10)11/h4-5,13H,6H2,1-3H3. The lowest BCUT2D eigenvalue weighted by Gasteiger charge is -2.23. The molecule has 0 radical (unpaired) electrons. The topological polar surface area (TPSA) is 42.7 Å². The zero-order chi connectivity index (χ0) is 11.3. The van der Waals surface area contributed by atoms with E-state index in [4.69, 9.17) is 0 Å². The lowest BCUT2D eigenvalue weighted by Crippen LogP contribution is -2.17. The molecule has 1 aliphatic heterocycles. The molecule has 0 aliphatic carbocycles. The highest BCUT2D eigenvalue weighted by molar-refractivity contribution is 5.69. The van der Waals surface area contributed by atoms with Gasteiger partial charge in [0.2, 0.25) is 0 Å². The summed E-state index contributed by atoms with van der Waals surface area (Å²) in [6, 6.07) is 4.27. The Hall–Kier alpha value is -1.84. The number of anilines is 1. The molecular weight excluding hydrogens is 200 g/mol. The van der Waals surface area contributed by atoms with Crippen LogP contribution in [0.15, 0.2) is 12.1 Å². The van der Waals surface area contributed by atoms with Crippen LogP contribution in [0, 0.1) is 20.8 Å². The molecule has 0 fully saturated rings. The number of nitrogens with one attached hydrogen (secondary N) is 1. The van der Waals surface area contributed by atoms with Crippen molar-refractivity contribution >= 4 is 5.69 Å². The summed E-state index contributed by atoms with van der Waals surface area (Å²) in [5.41, 5.74) is 4.97. The molecule has 0 saturated carbocycles. The molecular formula is C12H14N4. The van der Waals surface area contributed by atoms with Gasteiger partial charge in [-0.05, 0) is 38.0 Å². The van der Waals surface area contributed by atoms with E-state index in [-0.39, 0.29) is 0 Å². The van der Waals surface area contributed by atoms with E-state index in [1.54, 1.807) is 0 Å². The summed E-state index contributed by atoms with van der Waals surface area (Å²) in [5.74, 6) is 1.93. The first-order chi connectivity index (χ1) is 7.68. The third-order valence-corrected chi connectivity index (χ3v) is 3.27. The molecule has 1 aliphatic rings. The molecule has 0 amide bonds.